The summed E-state index contributed by atoms with van der Waals surface area (Å²) in [6, 6.07) is 0.660. The molecule has 1 unspecified atom stereocenters. The molecule has 1 atom stereocenters. The lowest BCUT2D eigenvalue weighted by Crippen LogP contribution is -2.51. The molecule has 2 aliphatic rings. The van der Waals surface area contributed by atoms with Crippen molar-refractivity contribution in [3.8, 4) is 0 Å². The highest BCUT2D eigenvalue weighted by Gasteiger charge is 2.35. The maximum Gasteiger partial charge on any atom is 0.323 e. The van der Waals surface area contributed by atoms with Crippen LogP contribution in [-0.2, 0) is 9.53 Å². The van der Waals surface area contributed by atoms with Crippen LogP contribution >= 0.6 is 0 Å². The zero-order valence-corrected chi connectivity index (χ0v) is 11.9. The van der Waals surface area contributed by atoms with Gasteiger partial charge in [0.2, 0.25) is 0 Å². The quantitative estimate of drug-likeness (QED) is 0.724. The van der Waals surface area contributed by atoms with Gasteiger partial charge in [-0.25, -0.2) is 0 Å². The van der Waals surface area contributed by atoms with E-state index in [9.17, 15) is 4.79 Å². The van der Waals surface area contributed by atoms with Crippen molar-refractivity contribution in [2.75, 3.05) is 13.2 Å². The van der Waals surface area contributed by atoms with Gasteiger partial charge >= 0.3 is 5.97 Å². The SMILES string of the molecule is CCOC(=O)C1CCCCN1C1CCC(C)CC1. The molecule has 0 aromatic heterocycles. The minimum Gasteiger partial charge on any atom is -0.465 e. The van der Waals surface area contributed by atoms with Crippen molar-refractivity contribution in [1.82, 2.24) is 4.90 Å². The lowest BCUT2D eigenvalue weighted by Gasteiger charge is -2.42. The Labute approximate surface area is 111 Å². The molecule has 1 saturated heterocycles. The first-order valence-corrected chi connectivity index (χ1v) is 7.64. The first-order chi connectivity index (χ1) is 8.72. The summed E-state index contributed by atoms with van der Waals surface area (Å²) in [4.78, 5) is 14.5. The Morgan fingerprint density at radius 3 is 2.56 bits per heavy atom. The molecule has 1 aliphatic heterocycles. The predicted molar refractivity (Wildman–Crippen MR) is 72.4 cm³/mol. The Hall–Kier alpha value is -0.570. The van der Waals surface area contributed by atoms with E-state index < -0.39 is 0 Å². The first kappa shape index (κ1) is 13.9. The number of hydrogen-bond acceptors (Lipinski definition) is 3. The molecule has 0 amide bonds. The van der Waals surface area contributed by atoms with E-state index in [0.717, 1.165) is 18.9 Å². The summed E-state index contributed by atoms with van der Waals surface area (Å²) >= 11 is 0. The molecule has 1 saturated carbocycles. The second-order valence-corrected chi connectivity index (χ2v) is 5.92. The van der Waals surface area contributed by atoms with Crippen LogP contribution in [0.2, 0.25) is 0 Å². The summed E-state index contributed by atoms with van der Waals surface area (Å²) in [5.74, 6) is 0.878. The van der Waals surface area contributed by atoms with Crippen molar-refractivity contribution in [3.63, 3.8) is 0 Å². The van der Waals surface area contributed by atoms with Gasteiger partial charge in [-0.3, -0.25) is 9.69 Å². The molecule has 0 bridgehead atoms. The fourth-order valence-corrected chi connectivity index (χ4v) is 3.46. The van der Waals surface area contributed by atoms with Crippen molar-refractivity contribution in [3.05, 3.63) is 0 Å². The van der Waals surface area contributed by atoms with Crippen molar-refractivity contribution in [2.45, 2.75) is 70.9 Å². The van der Waals surface area contributed by atoms with E-state index in [4.69, 9.17) is 4.74 Å². The van der Waals surface area contributed by atoms with Crippen LogP contribution in [0.5, 0.6) is 0 Å². The highest BCUT2D eigenvalue weighted by atomic mass is 16.5. The smallest absolute Gasteiger partial charge is 0.323 e. The van der Waals surface area contributed by atoms with Gasteiger partial charge in [0.25, 0.3) is 0 Å². The second-order valence-electron chi connectivity index (χ2n) is 5.92. The van der Waals surface area contributed by atoms with Crippen LogP contribution in [0.1, 0.15) is 58.8 Å². The number of ether oxygens (including phenoxy) is 1. The minimum atomic E-state index is 0.0100. The van der Waals surface area contributed by atoms with Gasteiger partial charge in [-0.1, -0.05) is 13.3 Å². The third kappa shape index (κ3) is 3.25. The van der Waals surface area contributed by atoms with Crippen LogP contribution in [0.4, 0.5) is 0 Å². The highest BCUT2D eigenvalue weighted by molar-refractivity contribution is 5.75. The Balaban J connectivity index is 1.96. The summed E-state index contributed by atoms with van der Waals surface area (Å²) in [6.07, 6.45) is 8.55. The average molecular weight is 253 g/mol. The molecule has 2 fully saturated rings. The molecular formula is C15H27NO2. The van der Waals surface area contributed by atoms with E-state index in [2.05, 4.69) is 11.8 Å². The van der Waals surface area contributed by atoms with Gasteiger partial charge in [-0.05, 0) is 57.9 Å². The van der Waals surface area contributed by atoms with Gasteiger partial charge in [-0.15, -0.1) is 0 Å². The molecular weight excluding hydrogens is 226 g/mol. The number of hydrogen-bond donors (Lipinski definition) is 0. The molecule has 1 aliphatic carbocycles. The van der Waals surface area contributed by atoms with E-state index >= 15 is 0 Å². The molecule has 0 aromatic rings. The average Bonchev–Trinajstić information content (AvgIpc) is 2.40. The molecule has 3 heteroatoms. The van der Waals surface area contributed by atoms with Crippen molar-refractivity contribution >= 4 is 5.97 Å². The van der Waals surface area contributed by atoms with E-state index in [-0.39, 0.29) is 12.0 Å². The van der Waals surface area contributed by atoms with Gasteiger partial charge in [0.1, 0.15) is 6.04 Å². The molecule has 0 spiro atoms. The lowest BCUT2D eigenvalue weighted by molar-refractivity contribution is -0.152. The summed E-state index contributed by atoms with van der Waals surface area (Å²) in [7, 11) is 0. The zero-order chi connectivity index (χ0) is 13.0. The molecule has 0 N–H and O–H groups in total. The Morgan fingerprint density at radius 2 is 1.89 bits per heavy atom. The Bertz CT molecular complexity index is 272. The highest BCUT2D eigenvalue weighted by Crippen LogP contribution is 2.31. The van der Waals surface area contributed by atoms with Crippen LogP contribution in [0.3, 0.4) is 0 Å². The number of likely N-dealkylation sites (tertiary alicyclic amines) is 1. The molecule has 0 radical (unpaired) electrons. The molecule has 3 nitrogen and oxygen atoms in total. The van der Waals surface area contributed by atoms with Crippen molar-refractivity contribution in [1.29, 1.82) is 0 Å². The largest absolute Gasteiger partial charge is 0.465 e. The van der Waals surface area contributed by atoms with E-state index in [0.29, 0.717) is 12.6 Å². The fourth-order valence-electron chi connectivity index (χ4n) is 3.46. The number of rotatable bonds is 3. The van der Waals surface area contributed by atoms with Gasteiger partial charge in [0, 0.05) is 6.04 Å². The third-order valence-electron chi connectivity index (χ3n) is 4.56. The van der Waals surface area contributed by atoms with Crippen LogP contribution in [0, 0.1) is 5.92 Å². The van der Waals surface area contributed by atoms with E-state index in [1.54, 1.807) is 0 Å². The fraction of sp³-hybridized carbons (Fsp3) is 0.933. The minimum absolute atomic E-state index is 0.0100. The Kier molecular flexibility index (Phi) is 5.04. The van der Waals surface area contributed by atoms with Crippen molar-refractivity contribution < 1.29 is 9.53 Å². The van der Waals surface area contributed by atoms with Crippen molar-refractivity contribution in [2.24, 2.45) is 5.92 Å². The summed E-state index contributed by atoms with van der Waals surface area (Å²) in [6.45, 7) is 5.83. The van der Waals surface area contributed by atoms with E-state index in [1.165, 1.54) is 38.5 Å². The van der Waals surface area contributed by atoms with Crippen LogP contribution in [0.15, 0.2) is 0 Å². The number of carbonyl (C=O) groups is 1. The molecule has 0 aromatic carbocycles. The lowest BCUT2D eigenvalue weighted by atomic mass is 9.85. The summed E-state index contributed by atoms with van der Waals surface area (Å²) in [5, 5.41) is 0. The Morgan fingerprint density at radius 1 is 1.17 bits per heavy atom. The number of carbonyl (C=O) groups excluding carboxylic acids is 1. The summed E-state index contributed by atoms with van der Waals surface area (Å²) in [5.41, 5.74) is 0. The topological polar surface area (TPSA) is 29.5 Å². The maximum atomic E-state index is 12.1. The van der Waals surface area contributed by atoms with Gasteiger partial charge < -0.3 is 4.74 Å². The van der Waals surface area contributed by atoms with Crippen LogP contribution < -0.4 is 0 Å². The number of nitrogens with zero attached hydrogens (tertiary/aromatic N) is 1. The predicted octanol–water partition coefficient (Wildman–Crippen LogP) is 2.98. The van der Waals surface area contributed by atoms with Gasteiger partial charge in [0.15, 0.2) is 0 Å². The monoisotopic (exact) mass is 253 g/mol. The first-order valence-electron chi connectivity index (χ1n) is 7.64. The standard InChI is InChI=1S/C15H27NO2/c1-3-18-15(17)14-6-4-5-11-16(14)13-9-7-12(2)8-10-13/h12-14H,3-11H2,1-2H3. The van der Waals surface area contributed by atoms with Crippen LogP contribution in [0.25, 0.3) is 0 Å². The second kappa shape index (κ2) is 6.55. The molecule has 1 heterocycles. The normalized spacial score (nSPS) is 34.2. The molecule has 18 heavy (non-hydrogen) atoms. The molecule has 2 rings (SSSR count). The summed E-state index contributed by atoms with van der Waals surface area (Å²) < 4.78 is 5.24. The van der Waals surface area contributed by atoms with E-state index in [1.807, 2.05) is 6.92 Å². The zero-order valence-electron chi connectivity index (χ0n) is 11.9. The number of esters is 1. The maximum absolute atomic E-state index is 12.1. The van der Waals surface area contributed by atoms with Crippen LogP contribution in [-0.4, -0.2) is 36.1 Å². The van der Waals surface area contributed by atoms with Gasteiger partial charge in [0.05, 0.1) is 6.61 Å². The third-order valence-corrected chi connectivity index (χ3v) is 4.56. The number of piperidine rings is 1. The van der Waals surface area contributed by atoms with Gasteiger partial charge in [-0.2, -0.15) is 0 Å². The molecule has 104 valence electrons.